The van der Waals surface area contributed by atoms with Crippen LogP contribution in [0.15, 0.2) is 30.7 Å². The molecule has 1 amide bonds. The number of aromatic nitrogens is 6. The molecular formula is C18H19N7O2. The highest BCUT2D eigenvalue weighted by atomic mass is 16.6. The quantitative estimate of drug-likeness (QED) is 0.565. The van der Waals surface area contributed by atoms with Crippen molar-refractivity contribution in [2.75, 3.05) is 0 Å². The number of fused-ring (bicyclic) bond motifs is 2. The van der Waals surface area contributed by atoms with E-state index in [1.54, 1.807) is 23.3 Å². The van der Waals surface area contributed by atoms with Gasteiger partial charge in [-0.15, -0.1) is 0 Å². The summed E-state index contributed by atoms with van der Waals surface area (Å²) in [6, 6.07) is 3.79. The summed E-state index contributed by atoms with van der Waals surface area (Å²) in [7, 11) is 1.85. The van der Waals surface area contributed by atoms with Gasteiger partial charge in [0.25, 0.3) is 0 Å². The fourth-order valence-corrected chi connectivity index (χ4v) is 2.76. The minimum atomic E-state index is -0.555. The highest BCUT2D eigenvalue weighted by Crippen LogP contribution is 2.28. The lowest BCUT2D eigenvalue weighted by Crippen LogP contribution is -2.42. The summed E-state index contributed by atoms with van der Waals surface area (Å²) in [5.74, 6) is 0.300. The van der Waals surface area contributed by atoms with E-state index >= 15 is 0 Å². The molecule has 0 aliphatic heterocycles. The van der Waals surface area contributed by atoms with Gasteiger partial charge in [0, 0.05) is 25.0 Å². The normalized spacial score (nSPS) is 11.9. The van der Waals surface area contributed by atoms with Gasteiger partial charge in [0.2, 0.25) is 0 Å². The van der Waals surface area contributed by atoms with Crippen molar-refractivity contribution in [3.8, 4) is 17.1 Å². The standard InChI is InChI=1S/C18H19N7O2/c1-18(2,3)23-17(26)27-12-9-21-16-15(12)22-10(8-20-16)13-14-11(25(4)24-13)6-5-7-19-14/h5-9H,1-4H3,(H,20,21)(H,23,26). The van der Waals surface area contributed by atoms with E-state index in [9.17, 15) is 4.79 Å². The van der Waals surface area contributed by atoms with Gasteiger partial charge in [-0.25, -0.2) is 14.8 Å². The molecule has 0 radical (unpaired) electrons. The minimum Gasteiger partial charge on any atom is -0.406 e. The molecule has 4 aromatic heterocycles. The molecule has 4 rings (SSSR count). The average molecular weight is 365 g/mol. The SMILES string of the molecule is Cn1nc(-c2cnc3[nH]cc(OC(=O)NC(C)(C)C)c3n2)c2ncccc21. The number of H-pyrrole nitrogens is 1. The lowest BCUT2D eigenvalue weighted by molar-refractivity contribution is 0.191. The summed E-state index contributed by atoms with van der Waals surface area (Å²) in [6.07, 6.45) is 4.33. The van der Waals surface area contributed by atoms with Crippen LogP contribution in [-0.2, 0) is 7.05 Å². The first-order chi connectivity index (χ1) is 12.8. The number of carbonyl (C=O) groups is 1. The van der Waals surface area contributed by atoms with Crippen LogP contribution in [0.1, 0.15) is 20.8 Å². The number of nitrogens with zero attached hydrogens (tertiary/aromatic N) is 5. The van der Waals surface area contributed by atoms with E-state index in [1.807, 2.05) is 40.0 Å². The van der Waals surface area contributed by atoms with Gasteiger partial charge in [-0.3, -0.25) is 9.67 Å². The summed E-state index contributed by atoms with van der Waals surface area (Å²) in [4.78, 5) is 28.4. The van der Waals surface area contributed by atoms with Crippen LogP contribution in [0.3, 0.4) is 0 Å². The second-order valence-electron chi connectivity index (χ2n) is 7.21. The molecule has 0 saturated carbocycles. The summed E-state index contributed by atoms with van der Waals surface area (Å²) < 4.78 is 7.15. The van der Waals surface area contributed by atoms with Gasteiger partial charge in [0.15, 0.2) is 16.9 Å². The van der Waals surface area contributed by atoms with E-state index in [-0.39, 0.29) is 0 Å². The number of pyridine rings is 1. The zero-order chi connectivity index (χ0) is 19.2. The molecule has 0 aliphatic rings. The number of rotatable bonds is 2. The molecule has 2 N–H and O–H groups in total. The average Bonchev–Trinajstić information content (AvgIpc) is 3.15. The molecule has 0 atom stereocenters. The topological polar surface area (TPSA) is 111 Å². The van der Waals surface area contributed by atoms with Crippen LogP contribution in [0, 0.1) is 0 Å². The Morgan fingerprint density at radius 1 is 1.26 bits per heavy atom. The number of nitrogens with one attached hydrogen (secondary N) is 2. The van der Waals surface area contributed by atoms with E-state index in [0.717, 1.165) is 11.0 Å². The first-order valence-corrected chi connectivity index (χ1v) is 8.44. The molecule has 0 bridgehead atoms. The van der Waals surface area contributed by atoms with Crippen molar-refractivity contribution in [2.45, 2.75) is 26.3 Å². The smallest absolute Gasteiger partial charge is 0.406 e. The maximum absolute atomic E-state index is 12.1. The molecule has 4 heterocycles. The zero-order valence-corrected chi connectivity index (χ0v) is 15.4. The van der Waals surface area contributed by atoms with Gasteiger partial charge in [-0.2, -0.15) is 5.10 Å². The Hall–Kier alpha value is -3.49. The predicted molar refractivity (Wildman–Crippen MR) is 100 cm³/mol. The second kappa shape index (κ2) is 6.04. The Morgan fingerprint density at radius 3 is 2.85 bits per heavy atom. The number of aromatic amines is 1. The van der Waals surface area contributed by atoms with Gasteiger partial charge >= 0.3 is 6.09 Å². The van der Waals surface area contributed by atoms with Crippen LogP contribution in [-0.4, -0.2) is 41.3 Å². The first kappa shape index (κ1) is 17.0. The zero-order valence-electron chi connectivity index (χ0n) is 15.4. The molecule has 0 aromatic carbocycles. The number of ether oxygens (including phenoxy) is 1. The molecule has 0 saturated heterocycles. The highest BCUT2D eigenvalue weighted by molar-refractivity contribution is 5.90. The van der Waals surface area contributed by atoms with Crippen molar-refractivity contribution in [1.29, 1.82) is 0 Å². The third-order valence-electron chi connectivity index (χ3n) is 3.88. The fraction of sp³-hybridized carbons (Fsp3) is 0.278. The van der Waals surface area contributed by atoms with Gasteiger partial charge in [-0.1, -0.05) is 0 Å². The van der Waals surface area contributed by atoms with Crippen molar-refractivity contribution < 1.29 is 9.53 Å². The van der Waals surface area contributed by atoms with E-state index in [1.165, 1.54) is 0 Å². The number of aryl methyl sites for hydroxylation is 1. The second-order valence-corrected chi connectivity index (χ2v) is 7.21. The van der Waals surface area contributed by atoms with E-state index < -0.39 is 11.6 Å². The Balaban J connectivity index is 1.75. The van der Waals surface area contributed by atoms with Crippen molar-refractivity contribution in [1.82, 2.24) is 35.0 Å². The van der Waals surface area contributed by atoms with E-state index in [4.69, 9.17) is 4.74 Å². The lowest BCUT2D eigenvalue weighted by Gasteiger charge is -2.19. The van der Waals surface area contributed by atoms with Gasteiger partial charge in [0.1, 0.15) is 16.9 Å². The molecule has 0 spiro atoms. The van der Waals surface area contributed by atoms with Crippen molar-refractivity contribution >= 4 is 28.3 Å². The van der Waals surface area contributed by atoms with Crippen LogP contribution in [0.5, 0.6) is 5.75 Å². The molecule has 9 heteroatoms. The fourth-order valence-electron chi connectivity index (χ4n) is 2.76. The highest BCUT2D eigenvalue weighted by Gasteiger charge is 2.19. The summed E-state index contributed by atoms with van der Waals surface area (Å²) in [6.45, 7) is 5.63. The Bertz CT molecular complexity index is 1150. The van der Waals surface area contributed by atoms with Gasteiger partial charge < -0.3 is 15.0 Å². The molecule has 4 aromatic rings. The van der Waals surface area contributed by atoms with Crippen LogP contribution >= 0.6 is 0 Å². The molecular weight excluding hydrogens is 346 g/mol. The summed E-state index contributed by atoms with van der Waals surface area (Å²) in [5.41, 5.74) is 3.36. The number of carbonyl (C=O) groups excluding carboxylic acids is 1. The van der Waals surface area contributed by atoms with Crippen molar-refractivity contribution in [3.05, 3.63) is 30.7 Å². The predicted octanol–water partition coefficient (Wildman–Crippen LogP) is 2.79. The molecule has 0 unspecified atom stereocenters. The van der Waals surface area contributed by atoms with Crippen LogP contribution in [0.2, 0.25) is 0 Å². The maximum Gasteiger partial charge on any atom is 0.413 e. The van der Waals surface area contributed by atoms with Crippen molar-refractivity contribution in [3.63, 3.8) is 0 Å². The summed E-state index contributed by atoms with van der Waals surface area (Å²) >= 11 is 0. The number of hydrogen-bond donors (Lipinski definition) is 2. The van der Waals surface area contributed by atoms with E-state index in [2.05, 4.69) is 30.4 Å². The monoisotopic (exact) mass is 365 g/mol. The minimum absolute atomic E-state index is 0.300. The Morgan fingerprint density at radius 2 is 2.07 bits per heavy atom. The Kier molecular flexibility index (Phi) is 3.79. The lowest BCUT2D eigenvalue weighted by atomic mass is 10.1. The first-order valence-electron chi connectivity index (χ1n) is 8.44. The molecule has 0 aliphatic carbocycles. The maximum atomic E-state index is 12.1. The third kappa shape index (κ3) is 3.19. The van der Waals surface area contributed by atoms with Gasteiger partial charge in [0.05, 0.1) is 11.7 Å². The van der Waals surface area contributed by atoms with Crippen molar-refractivity contribution in [2.24, 2.45) is 7.05 Å². The largest absolute Gasteiger partial charge is 0.413 e. The molecule has 138 valence electrons. The Labute approximate surface area is 154 Å². The van der Waals surface area contributed by atoms with E-state index in [0.29, 0.717) is 28.3 Å². The molecule has 27 heavy (non-hydrogen) atoms. The van der Waals surface area contributed by atoms with Crippen LogP contribution in [0.25, 0.3) is 33.6 Å². The molecule has 0 fully saturated rings. The summed E-state index contributed by atoms with van der Waals surface area (Å²) in [5, 5.41) is 7.26. The number of amides is 1. The van der Waals surface area contributed by atoms with Crippen LogP contribution in [0.4, 0.5) is 4.79 Å². The third-order valence-corrected chi connectivity index (χ3v) is 3.88. The van der Waals surface area contributed by atoms with Crippen LogP contribution < -0.4 is 10.1 Å². The number of hydrogen-bond acceptors (Lipinski definition) is 6. The molecule has 9 nitrogen and oxygen atoms in total. The van der Waals surface area contributed by atoms with Gasteiger partial charge in [-0.05, 0) is 32.9 Å².